The predicted octanol–water partition coefficient (Wildman–Crippen LogP) is 5.44. The zero-order valence-corrected chi connectivity index (χ0v) is 13.8. The van der Waals surface area contributed by atoms with Crippen LogP contribution in [0.1, 0.15) is 31.9 Å². The van der Waals surface area contributed by atoms with Crippen LogP contribution >= 0.6 is 15.9 Å². The Kier molecular flexibility index (Phi) is 5.76. The standard InChI is InChI=1S/C17H19BrFNO/c1-3-10-20-12(2)13-8-9-17(15(19)11-13)21-16-7-5-4-6-14(16)18/h4-9,11-12,20H,3,10H2,1-2H3. The fourth-order valence-corrected chi connectivity index (χ4v) is 2.36. The Bertz CT molecular complexity index is 603. The van der Waals surface area contributed by atoms with Crippen LogP contribution in [0.4, 0.5) is 4.39 Å². The second-order valence-corrected chi connectivity index (χ2v) is 5.75. The summed E-state index contributed by atoms with van der Waals surface area (Å²) in [4.78, 5) is 0. The molecule has 0 aliphatic carbocycles. The van der Waals surface area contributed by atoms with Crippen molar-refractivity contribution in [1.82, 2.24) is 5.32 Å². The van der Waals surface area contributed by atoms with E-state index in [1.807, 2.05) is 31.2 Å². The van der Waals surface area contributed by atoms with Gasteiger partial charge in [0.1, 0.15) is 5.75 Å². The van der Waals surface area contributed by atoms with E-state index in [0.717, 1.165) is 23.0 Å². The van der Waals surface area contributed by atoms with Crippen LogP contribution < -0.4 is 10.1 Å². The first-order valence-corrected chi connectivity index (χ1v) is 7.86. The first-order chi connectivity index (χ1) is 10.1. The molecule has 0 spiro atoms. The molecule has 0 amide bonds. The van der Waals surface area contributed by atoms with E-state index < -0.39 is 0 Å². The van der Waals surface area contributed by atoms with Gasteiger partial charge in [-0.15, -0.1) is 0 Å². The van der Waals surface area contributed by atoms with Gasteiger partial charge >= 0.3 is 0 Å². The molecule has 21 heavy (non-hydrogen) atoms. The number of hydrogen-bond donors (Lipinski definition) is 1. The highest BCUT2D eigenvalue weighted by Crippen LogP contribution is 2.31. The van der Waals surface area contributed by atoms with E-state index in [1.165, 1.54) is 6.07 Å². The summed E-state index contributed by atoms with van der Waals surface area (Å²) < 4.78 is 20.6. The predicted molar refractivity (Wildman–Crippen MR) is 87.3 cm³/mol. The third-order valence-corrected chi connectivity index (χ3v) is 3.87. The molecule has 2 aromatic rings. The van der Waals surface area contributed by atoms with E-state index in [9.17, 15) is 4.39 Å². The van der Waals surface area contributed by atoms with Crippen LogP contribution in [0.25, 0.3) is 0 Å². The Morgan fingerprint density at radius 1 is 1.19 bits per heavy atom. The zero-order valence-electron chi connectivity index (χ0n) is 12.2. The third kappa shape index (κ3) is 4.29. The molecule has 1 N–H and O–H groups in total. The molecular formula is C17H19BrFNO. The normalized spacial score (nSPS) is 12.2. The largest absolute Gasteiger partial charge is 0.453 e. The van der Waals surface area contributed by atoms with Crippen molar-refractivity contribution >= 4 is 15.9 Å². The average Bonchev–Trinajstić information content (AvgIpc) is 2.49. The van der Waals surface area contributed by atoms with Crippen molar-refractivity contribution in [3.8, 4) is 11.5 Å². The number of hydrogen-bond acceptors (Lipinski definition) is 2. The van der Waals surface area contributed by atoms with Crippen LogP contribution in [0.2, 0.25) is 0 Å². The van der Waals surface area contributed by atoms with Gasteiger partial charge in [0, 0.05) is 6.04 Å². The van der Waals surface area contributed by atoms with Crippen LogP contribution in [-0.2, 0) is 0 Å². The molecule has 0 radical (unpaired) electrons. The summed E-state index contributed by atoms with van der Waals surface area (Å²) in [7, 11) is 0. The number of rotatable bonds is 6. The average molecular weight is 352 g/mol. The summed E-state index contributed by atoms with van der Waals surface area (Å²) in [5.41, 5.74) is 0.917. The Balaban J connectivity index is 2.14. The second kappa shape index (κ2) is 7.57. The molecule has 112 valence electrons. The molecule has 0 aromatic heterocycles. The van der Waals surface area contributed by atoms with Gasteiger partial charge in [-0.1, -0.05) is 25.1 Å². The molecule has 0 heterocycles. The lowest BCUT2D eigenvalue weighted by Gasteiger charge is -2.15. The van der Waals surface area contributed by atoms with Gasteiger partial charge in [0.15, 0.2) is 11.6 Å². The van der Waals surface area contributed by atoms with Crippen molar-refractivity contribution in [2.24, 2.45) is 0 Å². The lowest BCUT2D eigenvalue weighted by molar-refractivity contribution is 0.438. The Morgan fingerprint density at radius 3 is 2.62 bits per heavy atom. The fourth-order valence-electron chi connectivity index (χ4n) is 1.99. The van der Waals surface area contributed by atoms with Gasteiger partial charge in [-0.25, -0.2) is 4.39 Å². The molecule has 0 fully saturated rings. The highest BCUT2D eigenvalue weighted by atomic mass is 79.9. The van der Waals surface area contributed by atoms with Gasteiger partial charge in [0.05, 0.1) is 4.47 Å². The SMILES string of the molecule is CCCNC(C)c1ccc(Oc2ccccc2Br)c(F)c1. The molecule has 1 atom stereocenters. The molecule has 0 saturated carbocycles. The summed E-state index contributed by atoms with van der Waals surface area (Å²) in [5, 5.41) is 3.34. The minimum Gasteiger partial charge on any atom is -0.453 e. The lowest BCUT2D eigenvalue weighted by atomic mass is 10.1. The van der Waals surface area contributed by atoms with Gasteiger partial charge in [-0.05, 0) is 65.6 Å². The molecule has 0 saturated heterocycles. The number of para-hydroxylation sites is 1. The van der Waals surface area contributed by atoms with E-state index in [0.29, 0.717) is 5.75 Å². The minimum atomic E-state index is -0.353. The number of benzene rings is 2. The van der Waals surface area contributed by atoms with Gasteiger partial charge in [0.25, 0.3) is 0 Å². The maximum Gasteiger partial charge on any atom is 0.166 e. The highest BCUT2D eigenvalue weighted by molar-refractivity contribution is 9.10. The van der Waals surface area contributed by atoms with Crippen LogP contribution in [0.15, 0.2) is 46.9 Å². The molecule has 4 heteroatoms. The molecule has 0 bridgehead atoms. The first-order valence-electron chi connectivity index (χ1n) is 7.07. The molecule has 1 unspecified atom stereocenters. The van der Waals surface area contributed by atoms with Crippen molar-refractivity contribution in [2.75, 3.05) is 6.54 Å². The quantitative estimate of drug-likeness (QED) is 0.747. The van der Waals surface area contributed by atoms with E-state index in [-0.39, 0.29) is 17.6 Å². The summed E-state index contributed by atoms with van der Waals surface area (Å²) in [6.07, 6.45) is 1.05. The molecular weight excluding hydrogens is 333 g/mol. The van der Waals surface area contributed by atoms with E-state index in [2.05, 4.69) is 28.2 Å². The first kappa shape index (κ1) is 16.0. The van der Waals surface area contributed by atoms with Gasteiger partial charge in [-0.2, -0.15) is 0 Å². The molecule has 2 rings (SSSR count). The van der Waals surface area contributed by atoms with Crippen molar-refractivity contribution in [1.29, 1.82) is 0 Å². The number of ether oxygens (including phenoxy) is 1. The Hall–Kier alpha value is -1.39. The zero-order chi connectivity index (χ0) is 15.2. The molecule has 0 aliphatic rings. The van der Waals surface area contributed by atoms with Gasteiger partial charge < -0.3 is 10.1 Å². The fraction of sp³-hybridized carbons (Fsp3) is 0.294. The number of halogens is 2. The second-order valence-electron chi connectivity index (χ2n) is 4.90. The Morgan fingerprint density at radius 2 is 1.95 bits per heavy atom. The monoisotopic (exact) mass is 351 g/mol. The summed E-state index contributed by atoms with van der Waals surface area (Å²) >= 11 is 3.39. The molecule has 0 aliphatic heterocycles. The summed E-state index contributed by atoms with van der Waals surface area (Å²) in [5.74, 6) is 0.475. The van der Waals surface area contributed by atoms with Crippen molar-refractivity contribution < 1.29 is 9.13 Å². The minimum absolute atomic E-state index is 0.122. The molecule has 2 aromatic carbocycles. The van der Waals surface area contributed by atoms with Crippen molar-refractivity contribution in [3.05, 3.63) is 58.3 Å². The van der Waals surface area contributed by atoms with E-state index >= 15 is 0 Å². The van der Waals surface area contributed by atoms with E-state index in [1.54, 1.807) is 12.1 Å². The maximum absolute atomic E-state index is 14.2. The summed E-state index contributed by atoms with van der Waals surface area (Å²) in [6.45, 7) is 5.05. The lowest BCUT2D eigenvalue weighted by Crippen LogP contribution is -2.19. The smallest absolute Gasteiger partial charge is 0.166 e. The highest BCUT2D eigenvalue weighted by Gasteiger charge is 2.11. The number of nitrogens with one attached hydrogen (secondary N) is 1. The van der Waals surface area contributed by atoms with Gasteiger partial charge in [-0.3, -0.25) is 0 Å². The Labute approximate surface area is 133 Å². The third-order valence-electron chi connectivity index (χ3n) is 3.21. The molecule has 2 nitrogen and oxygen atoms in total. The van der Waals surface area contributed by atoms with Crippen LogP contribution in [0, 0.1) is 5.82 Å². The van der Waals surface area contributed by atoms with Crippen LogP contribution in [-0.4, -0.2) is 6.54 Å². The summed E-state index contributed by atoms with van der Waals surface area (Å²) in [6, 6.07) is 12.6. The van der Waals surface area contributed by atoms with Crippen molar-refractivity contribution in [3.63, 3.8) is 0 Å². The maximum atomic E-state index is 14.2. The van der Waals surface area contributed by atoms with Crippen LogP contribution in [0.3, 0.4) is 0 Å². The van der Waals surface area contributed by atoms with Crippen LogP contribution in [0.5, 0.6) is 11.5 Å². The van der Waals surface area contributed by atoms with E-state index in [4.69, 9.17) is 4.74 Å². The van der Waals surface area contributed by atoms with Gasteiger partial charge in [0.2, 0.25) is 0 Å². The van der Waals surface area contributed by atoms with Crippen molar-refractivity contribution in [2.45, 2.75) is 26.3 Å². The topological polar surface area (TPSA) is 21.3 Å².